The Hall–Kier alpha value is -1.62. The number of carbonyl (C=O) groups excluding carboxylic acids is 1. The summed E-state index contributed by atoms with van der Waals surface area (Å²) < 4.78 is 0. The third kappa shape index (κ3) is 3.51. The molecule has 0 aromatic carbocycles. The molecule has 1 amide bonds. The summed E-state index contributed by atoms with van der Waals surface area (Å²) in [5.74, 6) is -0.252. The second-order valence-corrected chi connectivity index (χ2v) is 3.72. The zero-order valence-corrected chi connectivity index (χ0v) is 9.18. The number of amides is 1. The summed E-state index contributed by atoms with van der Waals surface area (Å²) >= 11 is 0. The number of rotatable bonds is 5. The Morgan fingerprint density at radius 1 is 1.62 bits per heavy atom. The lowest BCUT2D eigenvalue weighted by Gasteiger charge is -2.11. The number of hydrogen-bond donors (Lipinski definition) is 3. The summed E-state index contributed by atoms with van der Waals surface area (Å²) in [4.78, 5) is 15.3. The minimum Gasteiger partial charge on any atom is -0.505 e. The van der Waals surface area contributed by atoms with Crippen LogP contribution in [0.15, 0.2) is 18.5 Å². The minimum atomic E-state index is -0.329. The monoisotopic (exact) mass is 224 g/mol. The number of hydrogen-bond acceptors (Lipinski definition) is 4. The summed E-state index contributed by atoms with van der Waals surface area (Å²) in [6, 6.07) is 1.46. The molecule has 0 aliphatic rings. The van der Waals surface area contributed by atoms with Crippen molar-refractivity contribution in [3.8, 4) is 5.75 Å². The van der Waals surface area contributed by atoms with Gasteiger partial charge in [-0.25, -0.2) is 0 Å². The number of aromatic hydroxyl groups is 1. The number of aliphatic hydroxyl groups is 1. The van der Waals surface area contributed by atoms with Crippen molar-refractivity contribution in [1.82, 2.24) is 10.3 Å². The molecule has 0 saturated heterocycles. The highest BCUT2D eigenvalue weighted by Crippen LogP contribution is 2.13. The molecule has 1 atom stereocenters. The Labute approximate surface area is 94.1 Å². The first-order valence-corrected chi connectivity index (χ1v) is 5.17. The van der Waals surface area contributed by atoms with Crippen molar-refractivity contribution in [3.63, 3.8) is 0 Å². The van der Waals surface area contributed by atoms with Crippen molar-refractivity contribution in [2.24, 2.45) is 5.92 Å². The van der Waals surface area contributed by atoms with Crippen LogP contribution in [0.25, 0.3) is 0 Å². The highest BCUT2D eigenvalue weighted by atomic mass is 16.3. The molecule has 1 aromatic rings. The van der Waals surface area contributed by atoms with Crippen molar-refractivity contribution in [2.45, 2.75) is 13.3 Å². The van der Waals surface area contributed by atoms with Gasteiger partial charge in [-0.05, 0) is 18.4 Å². The van der Waals surface area contributed by atoms with Crippen LogP contribution in [-0.2, 0) is 0 Å². The van der Waals surface area contributed by atoms with E-state index in [1.807, 2.05) is 6.92 Å². The molecule has 0 spiro atoms. The van der Waals surface area contributed by atoms with Gasteiger partial charge in [-0.15, -0.1) is 0 Å². The van der Waals surface area contributed by atoms with Crippen LogP contribution in [0, 0.1) is 5.92 Å². The molecule has 0 fully saturated rings. The molecule has 0 aliphatic heterocycles. The van der Waals surface area contributed by atoms with E-state index in [1.165, 1.54) is 18.5 Å². The van der Waals surface area contributed by atoms with Gasteiger partial charge in [-0.3, -0.25) is 9.78 Å². The fraction of sp³-hybridized carbons (Fsp3) is 0.455. The molecule has 1 aromatic heterocycles. The minimum absolute atomic E-state index is 0.109. The van der Waals surface area contributed by atoms with Gasteiger partial charge in [0.25, 0.3) is 5.91 Å². The molecule has 1 rings (SSSR count). The van der Waals surface area contributed by atoms with E-state index in [9.17, 15) is 9.90 Å². The van der Waals surface area contributed by atoms with Gasteiger partial charge in [0.2, 0.25) is 0 Å². The molecule has 1 heterocycles. The highest BCUT2D eigenvalue weighted by Gasteiger charge is 2.11. The van der Waals surface area contributed by atoms with E-state index < -0.39 is 0 Å². The Morgan fingerprint density at radius 3 is 3.00 bits per heavy atom. The van der Waals surface area contributed by atoms with Gasteiger partial charge >= 0.3 is 0 Å². The van der Waals surface area contributed by atoms with Crippen LogP contribution in [0.5, 0.6) is 5.75 Å². The number of aromatic nitrogens is 1. The molecule has 16 heavy (non-hydrogen) atoms. The van der Waals surface area contributed by atoms with E-state index >= 15 is 0 Å². The Balaban J connectivity index is 2.50. The third-order valence-electron chi connectivity index (χ3n) is 2.28. The van der Waals surface area contributed by atoms with Crippen LogP contribution in [0.3, 0.4) is 0 Å². The molecular formula is C11H16N2O3. The van der Waals surface area contributed by atoms with Crippen molar-refractivity contribution in [2.75, 3.05) is 13.2 Å². The number of nitrogens with one attached hydrogen (secondary N) is 1. The van der Waals surface area contributed by atoms with Crippen LogP contribution in [0.2, 0.25) is 0 Å². The first-order chi connectivity index (χ1) is 7.65. The first-order valence-electron chi connectivity index (χ1n) is 5.17. The number of carbonyl (C=O) groups is 1. The average molecular weight is 224 g/mol. The van der Waals surface area contributed by atoms with Crippen LogP contribution in [0.4, 0.5) is 0 Å². The summed E-state index contributed by atoms with van der Waals surface area (Å²) in [7, 11) is 0. The first kappa shape index (κ1) is 12.4. The zero-order valence-electron chi connectivity index (χ0n) is 9.18. The maximum absolute atomic E-state index is 11.6. The highest BCUT2D eigenvalue weighted by molar-refractivity contribution is 5.96. The van der Waals surface area contributed by atoms with E-state index in [1.54, 1.807) is 0 Å². The van der Waals surface area contributed by atoms with Crippen LogP contribution in [-0.4, -0.2) is 34.3 Å². The fourth-order valence-corrected chi connectivity index (χ4v) is 1.26. The summed E-state index contributed by atoms with van der Waals surface area (Å²) in [6.45, 7) is 2.52. The molecule has 0 saturated carbocycles. The van der Waals surface area contributed by atoms with Gasteiger partial charge in [-0.2, -0.15) is 0 Å². The molecule has 88 valence electrons. The molecule has 5 nitrogen and oxygen atoms in total. The molecular weight excluding hydrogens is 208 g/mol. The Morgan fingerprint density at radius 2 is 2.38 bits per heavy atom. The number of pyridine rings is 1. The number of aliphatic hydroxyl groups excluding tert-OH is 1. The van der Waals surface area contributed by atoms with Gasteiger partial charge in [0.1, 0.15) is 5.75 Å². The summed E-state index contributed by atoms with van der Waals surface area (Å²) in [5, 5.41) is 20.8. The lowest BCUT2D eigenvalue weighted by atomic mass is 10.1. The third-order valence-corrected chi connectivity index (χ3v) is 2.28. The Kier molecular flexibility index (Phi) is 4.72. The van der Waals surface area contributed by atoms with E-state index in [2.05, 4.69) is 10.3 Å². The standard InChI is InChI=1S/C11H16N2O3/c1-8(3-5-14)6-13-11(16)9-2-4-12-7-10(9)15/h2,4,7-8,14-15H,3,5-6H2,1H3,(H,13,16). The van der Waals surface area contributed by atoms with Gasteiger partial charge in [0.05, 0.1) is 11.8 Å². The van der Waals surface area contributed by atoms with E-state index in [0.29, 0.717) is 13.0 Å². The lowest BCUT2D eigenvalue weighted by Crippen LogP contribution is -2.28. The average Bonchev–Trinajstić information content (AvgIpc) is 2.27. The topological polar surface area (TPSA) is 82.5 Å². The predicted octanol–water partition coefficient (Wildman–Crippen LogP) is 0.535. The summed E-state index contributed by atoms with van der Waals surface area (Å²) in [6.07, 6.45) is 3.32. The summed E-state index contributed by atoms with van der Waals surface area (Å²) in [5.41, 5.74) is 0.214. The molecule has 0 bridgehead atoms. The van der Waals surface area contributed by atoms with E-state index in [-0.39, 0.29) is 29.7 Å². The maximum atomic E-state index is 11.6. The van der Waals surface area contributed by atoms with Gasteiger partial charge in [0, 0.05) is 19.3 Å². The quantitative estimate of drug-likeness (QED) is 0.681. The van der Waals surface area contributed by atoms with Gasteiger partial charge < -0.3 is 15.5 Å². The van der Waals surface area contributed by atoms with E-state index in [0.717, 1.165) is 0 Å². The fourth-order valence-electron chi connectivity index (χ4n) is 1.26. The zero-order chi connectivity index (χ0) is 12.0. The molecule has 0 aliphatic carbocycles. The van der Waals surface area contributed by atoms with Gasteiger partial charge in [-0.1, -0.05) is 6.92 Å². The second kappa shape index (κ2) is 6.07. The second-order valence-electron chi connectivity index (χ2n) is 3.72. The SMILES string of the molecule is CC(CCO)CNC(=O)c1ccncc1O. The van der Waals surface area contributed by atoms with Crippen LogP contribution in [0.1, 0.15) is 23.7 Å². The van der Waals surface area contributed by atoms with Crippen molar-refractivity contribution in [3.05, 3.63) is 24.0 Å². The van der Waals surface area contributed by atoms with E-state index in [4.69, 9.17) is 5.11 Å². The van der Waals surface area contributed by atoms with Crippen LogP contribution < -0.4 is 5.32 Å². The number of nitrogens with zero attached hydrogens (tertiary/aromatic N) is 1. The van der Waals surface area contributed by atoms with Crippen molar-refractivity contribution < 1.29 is 15.0 Å². The normalized spacial score (nSPS) is 12.1. The van der Waals surface area contributed by atoms with Gasteiger partial charge in [0.15, 0.2) is 0 Å². The molecule has 0 radical (unpaired) electrons. The van der Waals surface area contributed by atoms with Crippen molar-refractivity contribution in [1.29, 1.82) is 0 Å². The molecule has 5 heteroatoms. The maximum Gasteiger partial charge on any atom is 0.255 e. The Bertz CT molecular complexity index is 355. The molecule has 1 unspecified atom stereocenters. The smallest absolute Gasteiger partial charge is 0.255 e. The molecule has 3 N–H and O–H groups in total. The van der Waals surface area contributed by atoms with Crippen molar-refractivity contribution >= 4 is 5.91 Å². The predicted molar refractivity (Wildman–Crippen MR) is 59.1 cm³/mol. The van der Waals surface area contributed by atoms with Crippen LogP contribution >= 0.6 is 0 Å². The lowest BCUT2D eigenvalue weighted by molar-refractivity contribution is 0.0942. The largest absolute Gasteiger partial charge is 0.505 e.